The molecule has 5 nitrogen and oxygen atoms in total. The van der Waals surface area contributed by atoms with Crippen molar-refractivity contribution in [1.29, 1.82) is 0 Å². The molecular weight excluding hydrogens is 309 g/mol. The van der Waals surface area contributed by atoms with Gasteiger partial charge in [0.15, 0.2) is 0 Å². The third-order valence-corrected chi connectivity index (χ3v) is 3.77. The molecule has 0 fully saturated rings. The molecule has 0 unspecified atom stereocenters. The van der Waals surface area contributed by atoms with Crippen LogP contribution in [-0.4, -0.2) is 18.1 Å². The van der Waals surface area contributed by atoms with Crippen molar-refractivity contribution in [2.24, 2.45) is 0 Å². The molecule has 0 atom stereocenters. The Kier molecular flexibility index (Phi) is 4.37. The lowest BCUT2D eigenvalue weighted by atomic mass is 10.1. The molecule has 1 heterocycles. The molecule has 0 bridgehead atoms. The molecule has 6 heteroatoms. The van der Waals surface area contributed by atoms with Crippen molar-refractivity contribution in [3.8, 4) is 0 Å². The summed E-state index contributed by atoms with van der Waals surface area (Å²) in [7, 11) is 0. The normalized spacial score (nSPS) is 10.8. The van der Waals surface area contributed by atoms with Crippen molar-refractivity contribution in [3.63, 3.8) is 0 Å². The fraction of sp³-hybridized carbons (Fsp3) is 0.167. The summed E-state index contributed by atoms with van der Waals surface area (Å²) in [4.78, 5) is 13.6. The van der Waals surface area contributed by atoms with Crippen molar-refractivity contribution in [2.75, 3.05) is 17.7 Å². The van der Waals surface area contributed by atoms with E-state index in [-0.39, 0.29) is 5.69 Å². The maximum absolute atomic E-state index is 13.3. The van der Waals surface area contributed by atoms with Crippen LogP contribution in [0, 0.1) is 12.7 Å². The van der Waals surface area contributed by atoms with Crippen LogP contribution in [0.1, 0.15) is 11.3 Å². The van der Waals surface area contributed by atoms with Crippen LogP contribution in [0.4, 0.5) is 21.5 Å². The first kappa shape index (κ1) is 15.9. The number of nitrogens with one attached hydrogen (secondary N) is 2. The number of nitrogens with two attached hydrogens (primary N) is 1. The van der Waals surface area contributed by atoms with Gasteiger partial charge in [0, 0.05) is 34.4 Å². The van der Waals surface area contributed by atoms with E-state index in [0.29, 0.717) is 25.2 Å². The number of aromatic amines is 1. The van der Waals surface area contributed by atoms with Crippen molar-refractivity contribution in [1.82, 2.24) is 4.98 Å². The van der Waals surface area contributed by atoms with Crippen LogP contribution in [-0.2, 0) is 16.0 Å². The fourth-order valence-corrected chi connectivity index (χ4v) is 2.67. The minimum absolute atomic E-state index is 0.102. The number of H-pyrrole nitrogens is 1. The number of fused-ring (bicyclic) bond motifs is 1. The predicted molar refractivity (Wildman–Crippen MR) is 92.9 cm³/mol. The van der Waals surface area contributed by atoms with Crippen LogP contribution in [0.5, 0.6) is 0 Å². The van der Waals surface area contributed by atoms with Crippen LogP contribution in [0.3, 0.4) is 0 Å². The van der Waals surface area contributed by atoms with Gasteiger partial charge in [0.25, 0.3) is 6.47 Å². The molecule has 0 amide bonds. The summed E-state index contributed by atoms with van der Waals surface area (Å²) in [5.74, 6) is -0.436. The molecule has 0 spiro atoms. The molecule has 3 rings (SSSR count). The molecule has 0 aliphatic heterocycles. The zero-order chi connectivity index (χ0) is 17.1. The molecular formula is C18H18FN3O2. The minimum atomic E-state index is -0.436. The van der Waals surface area contributed by atoms with Crippen molar-refractivity contribution in [3.05, 3.63) is 53.5 Å². The van der Waals surface area contributed by atoms with Gasteiger partial charge >= 0.3 is 0 Å². The number of hydrogen-bond donors (Lipinski definition) is 3. The SMILES string of the molecule is Cc1cc(Nc2ccc(F)c(N)c2)c2cc(CCOC=O)[nH]c2c1. The number of rotatable bonds is 6. The highest BCUT2D eigenvalue weighted by molar-refractivity contribution is 5.95. The minimum Gasteiger partial charge on any atom is -0.467 e. The highest BCUT2D eigenvalue weighted by Crippen LogP contribution is 2.30. The van der Waals surface area contributed by atoms with E-state index in [1.807, 2.05) is 25.1 Å². The first-order valence-electron chi connectivity index (χ1n) is 7.56. The number of carbonyl (C=O) groups excluding carboxylic acids is 1. The Bertz CT molecular complexity index is 889. The van der Waals surface area contributed by atoms with Crippen LogP contribution in [0.15, 0.2) is 36.4 Å². The monoisotopic (exact) mass is 327 g/mol. The lowest BCUT2D eigenvalue weighted by Crippen LogP contribution is -1.96. The zero-order valence-electron chi connectivity index (χ0n) is 13.2. The largest absolute Gasteiger partial charge is 0.467 e. The van der Waals surface area contributed by atoms with E-state index in [4.69, 9.17) is 10.5 Å². The van der Waals surface area contributed by atoms with Gasteiger partial charge in [-0.1, -0.05) is 0 Å². The molecule has 0 aliphatic carbocycles. The summed E-state index contributed by atoms with van der Waals surface area (Å²) in [6.07, 6.45) is 0.607. The van der Waals surface area contributed by atoms with E-state index in [2.05, 4.69) is 10.3 Å². The van der Waals surface area contributed by atoms with E-state index in [1.54, 1.807) is 12.1 Å². The van der Waals surface area contributed by atoms with Crippen LogP contribution in [0.25, 0.3) is 10.9 Å². The van der Waals surface area contributed by atoms with Gasteiger partial charge in [-0.2, -0.15) is 0 Å². The van der Waals surface area contributed by atoms with E-state index >= 15 is 0 Å². The predicted octanol–water partition coefficient (Wildman–Crippen LogP) is 3.66. The van der Waals surface area contributed by atoms with Gasteiger partial charge < -0.3 is 20.8 Å². The summed E-state index contributed by atoms with van der Waals surface area (Å²) in [5.41, 5.74) is 10.4. The van der Waals surface area contributed by atoms with Crippen LogP contribution >= 0.6 is 0 Å². The number of carbonyl (C=O) groups is 1. The molecule has 2 aromatic carbocycles. The van der Waals surface area contributed by atoms with Gasteiger partial charge in [-0.05, 0) is 48.9 Å². The lowest BCUT2D eigenvalue weighted by molar-refractivity contribution is -0.128. The fourth-order valence-electron chi connectivity index (χ4n) is 2.67. The Hall–Kier alpha value is -3.02. The topological polar surface area (TPSA) is 80.1 Å². The third kappa shape index (κ3) is 3.32. The number of aryl methyl sites for hydroxylation is 1. The molecule has 0 aliphatic rings. The number of aromatic nitrogens is 1. The second-order valence-electron chi connectivity index (χ2n) is 5.65. The molecule has 0 saturated carbocycles. The second-order valence-corrected chi connectivity index (χ2v) is 5.65. The summed E-state index contributed by atoms with van der Waals surface area (Å²) < 4.78 is 18.1. The average Bonchev–Trinajstić information content (AvgIpc) is 2.94. The number of ether oxygens (including phenoxy) is 1. The summed E-state index contributed by atoms with van der Waals surface area (Å²) in [5, 5.41) is 4.29. The molecule has 124 valence electrons. The Morgan fingerprint density at radius 3 is 2.88 bits per heavy atom. The summed E-state index contributed by atoms with van der Waals surface area (Å²) in [6, 6.07) is 10.6. The Morgan fingerprint density at radius 1 is 1.29 bits per heavy atom. The highest BCUT2D eigenvalue weighted by atomic mass is 19.1. The number of benzene rings is 2. The van der Waals surface area contributed by atoms with Gasteiger partial charge in [-0.25, -0.2) is 4.39 Å². The van der Waals surface area contributed by atoms with Crippen molar-refractivity contribution < 1.29 is 13.9 Å². The molecule has 3 aromatic rings. The first-order chi connectivity index (χ1) is 11.6. The van der Waals surface area contributed by atoms with Crippen LogP contribution in [0.2, 0.25) is 0 Å². The number of halogens is 1. The molecule has 0 radical (unpaired) electrons. The quantitative estimate of drug-likeness (QED) is 0.367. The first-order valence-corrected chi connectivity index (χ1v) is 7.56. The van der Waals surface area contributed by atoms with E-state index in [1.165, 1.54) is 6.07 Å². The van der Waals surface area contributed by atoms with Gasteiger partial charge in [0.1, 0.15) is 5.82 Å². The lowest BCUT2D eigenvalue weighted by Gasteiger charge is -2.10. The van der Waals surface area contributed by atoms with E-state index in [9.17, 15) is 9.18 Å². The van der Waals surface area contributed by atoms with Crippen molar-refractivity contribution in [2.45, 2.75) is 13.3 Å². The van der Waals surface area contributed by atoms with Gasteiger partial charge in [-0.15, -0.1) is 0 Å². The Balaban J connectivity index is 1.93. The van der Waals surface area contributed by atoms with Crippen LogP contribution < -0.4 is 11.1 Å². The summed E-state index contributed by atoms with van der Waals surface area (Å²) in [6.45, 7) is 2.77. The van der Waals surface area contributed by atoms with E-state index < -0.39 is 5.82 Å². The number of nitrogen functional groups attached to an aromatic ring is 1. The standard InChI is InChI=1S/C18H18FN3O2/c1-11-6-17(21-12-2-3-15(19)16(20)9-12)14-8-13(4-5-24-10-23)22-18(14)7-11/h2-3,6-10,21-22H,4-5,20H2,1H3. The smallest absolute Gasteiger partial charge is 0.293 e. The summed E-state index contributed by atoms with van der Waals surface area (Å²) >= 11 is 0. The molecule has 1 aromatic heterocycles. The zero-order valence-corrected chi connectivity index (χ0v) is 13.2. The molecule has 24 heavy (non-hydrogen) atoms. The Labute approximate surface area is 138 Å². The third-order valence-electron chi connectivity index (χ3n) is 3.77. The van der Waals surface area contributed by atoms with Gasteiger partial charge in [0.05, 0.1) is 12.3 Å². The molecule has 0 saturated heterocycles. The number of hydrogen-bond acceptors (Lipinski definition) is 4. The maximum Gasteiger partial charge on any atom is 0.293 e. The van der Waals surface area contributed by atoms with Crippen molar-refractivity contribution >= 4 is 34.4 Å². The van der Waals surface area contributed by atoms with Gasteiger partial charge in [0.2, 0.25) is 0 Å². The Morgan fingerprint density at radius 2 is 2.12 bits per heavy atom. The highest BCUT2D eigenvalue weighted by Gasteiger charge is 2.08. The van der Waals surface area contributed by atoms with Gasteiger partial charge in [-0.3, -0.25) is 4.79 Å². The molecule has 4 N–H and O–H groups in total. The van der Waals surface area contributed by atoms with E-state index in [0.717, 1.165) is 27.8 Å². The average molecular weight is 327 g/mol. The maximum atomic E-state index is 13.3. The number of anilines is 3. The second kappa shape index (κ2) is 6.62.